The van der Waals surface area contributed by atoms with Gasteiger partial charge in [0, 0.05) is 55.0 Å². The van der Waals surface area contributed by atoms with Crippen molar-refractivity contribution in [2.45, 2.75) is 56.8 Å². The van der Waals surface area contributed by atoms with Crippen molar-refractivity contribution in [2.24, 2.45) is 4.99 Å². The molecule has 2 heterocycles. The number of fused-ring (bicyclic) bond motifs is 5. The van der Waals surface area contributed by atoms with Crippen molar-refractivity contribution in [3.63, 3.8) is 0 Å². The van der Waals surface area contributed by atoms with Gasteiger partial charge < -0.3 is 24.7 Å². The van der Waals surface area contributed by atoms with Gasteiger partial charge in [0.2, 0.25) is 0 Å². The van der Waals surface area contributed by atoms with Crippen molar-refractivity contribution >= 4 is 39.7 Å². The van der Waals surface area contributed by atoms with Crippen LogP contribution < -0.4 is 10.1 Å². The van der Waals surface area contributed by atoms with Gasteiger partial charge >= 0.3 is 5.97 Å². The first kappa shape index (κ1) is 35.0. The average Bonchev–Trinajstić information content (AvgIpc) is 3.52. The Hall–Kier alpha value is -4.36. The summed E-state index contributed by atoms with van der Waals surface area (Å²) in [4.78, 5) is 18.5. The van der Waals surface area contributed by atoms with Gasteiger partial charge in [-0.1, -0.05) is 35.4 Å². The molecule has 0 aliphatic carbocycles. The third kappa shape index (κ3) is 7.84. The zero-order chi connectivity index (χ0) is 34.6. The molecule has 4 aromatic rings. The van der Waals surface area contributed by atoms with Crippen molar-refractivity contribution in [1.29, 1.82) is 5.41 Å². The minimum atomic E-state index is -3.25. The monoisotopic (exact) mass is 684 g/mol. The molecule has 254 valence electrons. The molecular weight excluding hydrogens is 648 g/mol. The molecule has 0 saturated heterocycles. The van der Waals surface area contributed by atoms with Crippen LogP contribution in [0.15, 0.2) is 65.8 Å². The number of nitrogens with zero attached hydrogens (tertiary/aromatic N) is 1. The minimum Gasteiger partial charge on any atom is -0.616 e. The maximum Gasteiger partial charge on any atom is 0.303 e. The molecule has 0 amide bonds. The lowest BCUT2D eigenvalue weighted by molar-refractivity contribution is -0.136. The van der Waals surface area contributed by atoms with E-state index in [0.29, 0.717) is 27.6 Å². The van der Waals surface area contributed by atoms with Crippen molar-refractivity contribution in [3.8, 4) is 11.5 Å². The molecule has 1 aromatic heterocycles. The number of aryl methyl sites for hydroxylation is 2. The maximum atomic E-state index is 15.5. The van der Waals surface area contributed by atoms with Crippen LogP contribution in [-0.2, 0) is 34.2 Å². The van der Waals surface area contributed by atoms with Gasteiger partial charge in [0.15, 0.2) is 11.6 Å². The zero-order valence-corrected chi connectivity index (χ0v) is 27.3. The lowest BCUT2D eigenvalue weighted by atomic mass is 9.75. The van der Waals surface area contributed by atoms with Crippen LogP contribution in [0.5, 0.6) is 11.5 Å². The summed E-state index contributed by atoms with van der Waals surface area (Å²) in [6.45, 7) is 1.59. The highest BCUT2D eigenvalue weighted by molar-refractivity contribution is 7.91. The van der Waals surface area contributed by atoms with Gasteiger partial charge in [-0.25, -0.2) is 22.6 Å². The summed E-state index contributed by atoms with van der Waals surface area (Å²) in [5.41, 5.74) is 0.461. The number of nitrogens with one attached hydrogen (secondary N) is 3. The Morgan fingerprint density at radius 3 is 2.65 bits per heavy atom. The molecule has 0 fully saturated rings. The van der Waals surface area contributed by atoms with E-state index in [1.54, 1.807) is 43.5 Å². The molecule has 8 nitrogen and oxygen atoms in total. The van der Waals surface area contributed by atoms with Crippen LogP contribution >= 0.6 is 0 Å². The van der Waals surface area contributed by atoms with E-state index in [2.05, 4.69) is 15.3 Å². The molecule has 13 heteroatoms. The molecule has 2 atom stereocenters. The normalized spacial score (nSPS) is 21.7. The molecular formula is C35H36F4N4O4S. The zero-order valence-electron chi connectivity index (χ0n) is 26.5. The Morgan fingerprint density at radius 1 is 1.10 bits per heavy atom. The second-order valence-corrected chi connectivity index (χ2v) is 13.7. The maximum absolute atomic E-state index is 15.5. The van der Waals surface area contributed by atoms with Gasteiger partial charge in [-0.3, -0.25) is 10.2 Å². The SMILES string of the molecule is CN/C1=N\C(=N)C(C)(c2cccc(CCC(=O)O)c2)CCC(F)(F)CC[S+]([O-])CCc2c(c(F)cc3[nH]ccc23)Oc2ccc(F)c1c2. The molecule has 3 aromatic carbocycles. The van der Waals surface area contributed by atoms with Crippen LogP contribution in [0.25, 0.3) is 10.9 Å². The summed E-state index contributed by atoms with van der Waals surface area (Å²) in [6, 6.07) is 13.4. The van der Waals surface area contributed by atoms with E-state index in [4.69, 9.17) is 15.3 Å². The highest BCUT2D eigenvalue weighted by Crippen LogP contribution is 2.39. The smallest absolute Gasteiger partial charge is 0.303 e. The van der Waals surface area contributed by atoms with Crippen LogP contribution in [0.4, 0.5) is 17.6 Å². The van der Waals surface area contributed by atoms with Crippen molar-refractivity contribution in [3.05, 3.63) is 94.7 Å². The van der Waals surface area contributed by atoms with Crippen molar-refractivity contribution in [1.82, 2.24) is 10.3 Å². The molecule has 4 N–H and O–H groups in total. The number of carboxylic acid groups (broad SMARTS) is 1. The number of carbonyl (C=O) groups is 1. The van der Waals surface area contributed by atoms with Crippen LogP contribution in [0, 0.1) is 17.0 Å². The average molecular weight is 685 g/mol. The fourth-order valence-corrected chi connectivity index (χ4v) is 6.96. The number of amidine groups is 2. The number of aliphatic carboxylic acids is 1. The van der Waals surface area contributed by atoms with E-state index in [-0.39, 0.29) is 65.9 Å². The highest BCUT2D eigenvalue weighted by Gasteiger charge is 2.39. The van der Waals surface area contributed by atoms with Crippen LogP contribution in [0.1, 0.15) is 54.9 Å². The Labute approximate surface area is 278 Å². The molecule has 1 aliphatic rings. The van der Waals surface area contributed by atoms with E-state index >= 15 is 17.6 Å². The van der Waals surface area contributed by atoms with Crippen molar-refractivity contribution < 1.29 is 36.8 Å². The fourth-order valence-electron chi connectivity index (χ4n) is 5.80. The Morgan fingerprint density at radius 2 is 1.90 bits per heavy atom. The first-order valence-corrected chi connectivity index (χ1v) is 16.9. The summed E-state index contributed by atoms with van der Waals surface area (Å²) >= 11 is -1.68. The van der Waals surface area contributed by atoms with Gasteiger partial charge in [-0.2, -0.15) is 0 Å². The van der Waals surface area contributed by atoms with E-state index in [0.717, 1.165) is 6.07 Å². The predicted molar refractivity (Wildman–Crippen MR) is 178 cm³/mol. The number of carboxylic acids is 1. The van der Waals surface area contributed by atoms with Crippen LogP contribution in [0.3, 0.4) is 0 Å². The number of aliphatic imine (C=N–C) groups is 1. The topological polar surface area (TPSA) is 134 Å². The summed E-state index contributed by atoms with van der Waals surface area (Å²) in [7, 11) is 1.47. The summed E-state index contributed by atoms with van der Waals surface area (Å²) < 4.78 is 80.8. The number of hydrogen-bond donors (Lipinski definition) is 4. The lowest BCUT2D eigenvalue weighted by Crippen LogP contribution is -2.36. The molecule has 48 heavy (non-hydrogen) atoms. The van der Waals surface area contributed by atoms with Gasteiger partial charge in [-0.15, -0.1) is 0 Å². The molecule has 1 aliphatic heterocycles. The summed E-state index contributed by atoms with van der Waals surface area (Å²) in [5.74, 6) is -6.51. The van der Waals surface area contributed by atoms with Gasteiger partial charge in [0.25, 0.3) is 5.92 Å². The number of ether oxygens (including phenoxy) is 1. The van der Waals surface area contributed by atoms with Crippen molar-refractivity contribution in [2.75, 3.05) is 18.6 Å². The predicted octanol–water partition coefficient (Wildman–Crippen LogP) is 7.27. The Bertz CT molecular complexity index is 1860. The van der Waals surface area contributed by atoms with E-state index in [1.807, 2.05) is 0 Å². The van der Waals surface area contributed by atoms with E-state index in [9.17, 15) is 9.35 Å². The number of hydrogen-bond acceptors (Lipinski definition) is 5. The third-order valence-electron chi connectivity index (χ3n) is 8.72. The fraction of sp³-hybridized carbons (Fsp3) is 0.343. The number of aromatic amines is 1. The number of H-pyrrole nitrogens is 1. The summed E-state index contributed by atoms with van der Waals surface area (Å²) in [6.07, 6.45) is 0.168. The van der Waals surface area contributed by atoms with Crippen LogP contribution in [-0.4, -0.2) is 56.8 Å². The summed E-state index contributed by atoms with van der Waals surface area (Å²) in [5, 5.41) is 21.7. The standard InChI is InChI=1S/C35H36F4N4O4S/c1-34(22-5-3-4-21(18-22)6-9-30(44)45)12-13-35(38,39)14-17-48(46)16-11-25-24-10-15-42-29(24)20-28(37)31(25)47-23-7-8-27(36)26(19-23)32(41-2)43-33(34)40/h3-5,7-8,10,15,18-20,42H,6,9,11-14,16-17H2,1-2H3,(H,44,45)(H2,40,41,43). The molecule has 5 rings (SSSR count). The largest absolute Gasteiger partial charge is 0.616 e. The van der Waals surface area contributed by atoms with Gasteiger partial charge in [0.05, 0.1) is 17.4 Å². The minimum absolute atomic E-state index is 0.0209. The molecule has 0 spiro atoms. The second-order valence-electron chi connectivity index (χ2n) is 12.0. The molecule has 2 bridgehead atoms. The quantitative estimate of drug-likeness (QED) is 0.133. The second kappa shape index (κ2) is 14.4. The molecule has 0 saturated carbocycles. The van der Waals surface area contributed by atoms with Gasteiger partial charge in [-0.05, 0) is 55.2 Å². The van der Waals surface area contributed by atoms with E-state index < -0.39 is 53.0 Å². The number of benzene rings is 3. The van der Waals surface area contributed by atoms with Crippen LogP contribution in [0.2, 0.25) is 0 Å². The first-order chi connectivity index (χ1) is 22.8. The first-order valence-electron chi connectivity index (χ1n) is 15.5. The number of halogens is 4. The third-order valence-corrected chi connectivity index (χ3v) is 10.0. The molecule has 2 unspecified atom stereocenters. The van der Waals surface area contributed by atoms with Gasteiger partial charge in [0.1, 0.15) is 34.7 Å². The number of aromatic nitrogens is 1. The highest BCUT2D eigenvalue weighted by atomic mass is 32.2. The Kier molecular flexibility index (Phi) is 10.5. The number of rotatable bonds is 4. The molecule has 0 radical (unpaired) electrons. The lowest BCUT2D eigenvalue weighted by Gasteiger charge is -2.31. The van der Waals surface area contributed by atoms with E-state index in [1.165, 1.54) is 25.2 Å². The Balaban J connectivity index is 1.62. The number of alkyl halides is 2.